The van der Waals surface area contributed by atoms with E-state index >= 15 is 0 Å². The first kappa shape index (κ1) is 11.3. The largest absolute Gasteiger partial charge is 0.197 e. The Morgan fingerprint density at radius 1 is 0.842 bits per heavy atom. The van der Waals surface area contributed by atoms with Gasteiger partial charge in [-0.2, -0.15) is 5.26 Å². The first-order valence-corrected chi connectivity index (χ1v) is 6.16. The second kappa shape index (κ2) is 4.84. The van der Waals surface area contributed by atoms with Gasteiger partial charge >= 0.3 is 0 Å². The maximum Gasteiger partial charge on any atom is 0.0966 e. The van der Waals surface area contributed by atoms with E-state index in [1.165, 1.54) is 10.8 Å². The van der Waals surface area contributed by atoms with Gasteiger partial charge in [0.25, 0.3) is 0 Å². The number of hydrogen-bond donors (Lipinski definition) is 0. The Balaban J connectivity index is 2.41. The van der Waals surface area contributed by atoms with Crippen molar-refractivity contribution in [2.45, 2.75) is 6.42 Å². The standard InChI is InChI=1S/C18H11N/c19-12-6-5-11-18-16-9-3-1-7-14(16)13-15-8-2-4-10-17(15)18/h1-4,7-10,13H,6H2. The zero-order valence-corrected chi connectivity index (χ0v) is 10.4. The van der Waals surface area contributed by atoms with E-state index in [2.05, 4.69) is 48.2 Å². The molecule has 0 bridgehead atoms. The highest BCUT2D eigenvalue weighted by Gasteiger charge is 2.04. The van der Waals surface area contributed by atoms with Crippen LogP contribution in [0.15, 0.2) is 54.6 Å². The molecule has 0 amide bonds. The second-order valence-electron chi connectivity index (χ2n) is 4.33. The summed E-state index contributed by atoms with van der Waals surface area (Å²) in [4.78, 5) is 0. The van der Waals surface area contributed by atoms with Gasteiger partial charge in [-0.05, 0) is 27.6 Å². The summed E-state index contributed by atoms with van der Waals surface area (Å²) >= 11 is 0. The first-order chi connectivity index (χ1) is 9.40. The predicted octanol–water partition coefficient (Wildman–Crippen LogP) is 4.26. The van der Waals surface area contributed by atoms with Crippen molar-refractivity contribution in [3.63, 3.8) is 0 Å². The highest BCUT2D eigenvalue weighted by Crippen LogP contribution is 2.27. The minimum atomic E-state index is 0.261. The molecule has 88 valence electrons. The molecule has 0 spiro atoms. The summed E-state index contributed by atoms with van der Waals surface area (Å²) in [7, 11) is 0. The van der Waals surface area contributed by atoms with E-state index in [1.54, 1.807) is 0 Å². The average molecular weight is 241 g/mol. The fourth-order valence-electron chi connectivity index (χ4n) is 2.32. The van der Waals surface area contributed by atoms with Gasteiger partial charge in [0.1, 0.15) is 0 Å². The van der Waals surface area contributed by atoms with Crippen LogP contribution in [0, 0.1) is 23.2 Å². The minimum Gasteiger partial charge on any atom is -0.197 e. The van der Waals surface area contributed by atoms with Crippen LogP contribution in [0.4, 0.5) is 0 Å². The molecule has 19 heavy (non-hydrogen) atoms. The Hall–Kier alpha value is -2.77. The molecule has 0 aromatic heterocycles. The third-order valence-electron chi connectivity index (χ3n) is 3.15. The molecular weight excluding hydrogens is 230 g/mol. The van der Waals surface area contributed by atoms with E-state index in [0.29, 0.717) is 0 Å². The fraction of sp³-hybridized carbons (Fsp3) is 0.0556. The Bertz CT molecular complexity index is 803. The van der Waals surface area contributed by atoms with Gasteiger partial charge in [0.15, 0.2) is 0 Å². The quantitative estimate of drug-likeness (QED) is 0.426. The van der Waals surface area contributed by atoms with Crippen LogP contribution in [0.1, 0.15) is 12.0 Å². The van der Waals surface area contributed by atoms with Gasteiger partial charge in [0, 0.05) is 5.56 Å². The molecule has 0 aliphatic heterocycles. The third-order valence-corrected chi connectivity index (χ3v) is 3.15. The Kier molecular flexibility index (Phi) is 2.89. The van der Waals surface area contributed by atoms with Crippen LogP contribution in [-0.4, -0.2) is 0 Å². The van der Waals surface area contributed by atoms with E-state index in [-0.39, 0.29) is 6.42 Å². The molecule has 0 saturated heterocycles. The monoisotopic (exact) mass is 241 g/mol. The van der Waals surface area contributed by atoms with Gasteiger partial charge in [0.05, 0.1) is 12.5 Å². The number of nitriles is 1. The summed E-state index contributed by atoms with van der Waals surface area (Å²) in [5, 5.41) is 13.3. The molecule has 0 aliphatic carbocycles. The van der Waals surface area contributed by atoms with Crippen molar-refractivity contribution in [2.24, 2.45) is 0 Å². The molecule has 0 heterocycles. The lowest BCUT2D eigenvalue weighted by atomic mass is 9.97. The molecule has 0 N–H and O–H groups in total. The van der Waals surface area contributed by atoms with E-state index in [4.69, 9.17) is 5.26 Å². The van der Waals surface area contributed by atoms with E-state index in [1.807, 2.05) is 24.3 Å². The summed E-state index contributed by atoms with van der Waals surface area (Å²) in [5.74, 6) is 6.08. The topological polar surface area (TPSA) is 23.8 Å². The number of benzene rings is 3. The lowest BCUT2D eigenvalue weighted by Gasteiger charge is -2.06. The Labute approximate surface area is 112 Å². The van der Waals surface area contributed by atoms with Crippen LogP contribution >= 0.6 is 0 Å². The molecule has 0 saturated carbocycles. The molecule has 1 nitrogen and oxygen atoms in total. The van der Waals surface area contributed by atoms with Crippen molar-refractivity contribution in [3.8, 4) is 17.9 Å². The molecule has 0 atom stereocenters. The molecule has 0 radical (unpaired) electrons. The normalized spacial score (nSPS) is 9.84. The number of nitrogens with zero attached hydrogens (tertiary/aromatic N) is 1. The van der Waals surface area contributed by atoms with Crippen molar-refractivity contribution >= 4 is 21.5 Å². The molecule has 1 heteroatoms. The predicted molar refractivity (Wildman–Crippen MR) is 78.6 cm³/mol. The van der Waals surface area contributed by atoms with Crippen molar-refractivity contribution < 1.29 is 0 Å². The van der Waals surface area contributed by atoms with Crippen molar-refractivity contribution in [1.82, 2.24) is 0 Å². The maximum atomic E-state index is 8.62. The summed E-state index contributed by atoms with van der Waals surface area (Å²) in [6.45, 7) is 0. The SMILES string of the molecule is N#CCC#Cc1c2ccccc2cc2ccccc12. The number of rotatable bonds is 0. The molecule has 3 rings (SSSR count). The minimum absolute atomic E-state index is 0.261. The van der Waals surface area contributed by atoms with Gasteiger partial charge in [-0.15, -0.1) is 0 Å². The van der Waals surface area contributed by atoms with Crippen molar-refractivity contribution in [3.05, 3.63) is 60.2 Å². The van der Waals surface area contributed by atoms with Gasteiger partial charge in [-0.3, -0.25) is 0 Å². The van der Waals surface area contributed by atoms with Gasteiger partial charge < -0.3 is 0 Å². The molecule has 0 fully saturated rings. The van der Waals surface area contributed by atoms with Crippen molar-refractivity contribution in [1.29, 1.82) is 5.26 Å². The summed E-state index contributed by atoms with van der Waals surface area (Å²) in [6, 6.07) is 20.7. The second-order valence-corrected chi connectivity index (χ2v) is 4.33. The molecule has 0 unspecified atom stereocenters. The zero-order valence-electron chi connectivity index (χ0n) is 10.4. The lowest BCUT2D eigenvalue weighted by Crippen LogP contribution is -1.84. The molecule has 3 aromatic carbocycles. The van der Waals surface area contributed by atoms with E-state index in [9.17, 15) is 0 Å². The summed E-state index contributed by atoms with van der Waals surface area (Å²) in [6.07, 6.45) is 0.261. The summed E-state index contributed by atoms with van der Waals surface area (Å²) < 4.78 is 0. The van der Waals surface area contributed by atoms with Crippen LogP contribution in [-0.2, 0) is 0 Å². The van der Waals surface area contributed by atoms with E-state index < -0.39 is 0 Å². The van der Waals surface area contributed by atoms with Gasteiger partial charge in [0.2, 0.25) is 0 Å². The van der Waals surface area contributed by atoms with Crippen molar-refractivity contribution in [2.75, 3.05) is 0 Å². The van der Waals surface area contributed by atoms with E-state index in [0.717, 1.165) is 16.3 Å². The highest BCUT2D eigenvalue weighted by atomic mass is 14.2. The van der Waals surface area contributed by atoms with Crippen LogP contribution in [0.25, 0.3) is 21.5 Å². The summed E-state index contributed by atoms with van der Waals surface area (Å²) in [5.41, 5.74) is 1.02. The Morgan fingerprint density at radius 2 is 1.42 bits per heavy atom. The van der Waals surface area contributed by atoms with Gasteiger partial charge in [-0.1, -0.05) is 60.4 Å². The fourth-order valence-corrected chi connectivity index (χ4v) is 2.32. The number of hydrogen-bond acceptors (Lipinski definition) is 1. The molecule has 0 aliphatic rings. The number of fused-ring (bicyclic) bond motifs is 2. The maximum absolute atomic E-state index is 8.62. The van der Waals surface area contributed by atoms with Crippen LogP contribution in [0.5, 0.6) is 0 Å². The van der Waals surface area contributed by atoms with Crippen LogP contribution in [0.3, 0.4) is 0 Å². The Morgan fingerprint density at radius 3 is 2.00 bits per heavy atom. The average Bonchev–Trinajstić information content (AvgIpc) is 2.46. The highest BCUT2D eigenvalue weighted by molar-refractivity contribution is 6.04. The molecule has 3 aromatic rings. The lowest BCUT2D eigenvalue weighted by molar-refractivity contribution is 1.40. The van der Waals surface area contributed by atoms with Crippen LogP contribution in [0.2, 0.25) is 0 Å². The molecular formula is C18H11N. The first-order valence-electron chi connectivity index (χ1n) is 6.16. The zero-order chi connectivity index (χ0) is 13.1. The smallest absolute Gasteiger partial charge is 0.0966 e. The van der Waals surface area contributed by atoms with Gasteiger partial charge in [-0.25, -0.2) is 0 Å². The third kappa shape index (κ3) is 2.03. The van der Waals surface area contributed by atoms with Crippen LogP contribution < -0.4 is 0 Å².